The molecule has 8 rings (SSSR count). The maximum atomic E-state index is 13.7. The van der Waals surface area contributed by atoms with E-state index in [1.54, 1.807) is 17.0 Å². The Kier molecular flexibility index (Phi) is 11.4. The average molecular weight is 723 g/mol. The van der Waals surface area contributed by atoms with Crippen molar-refractivity contribution in [1.29, 1.82) is 0 Å². The van der Waals surface area contributed by atoms with E-state index in [1.165, 1.54) is 12.1 Å². The summed E-state index contributed by atoms with van der Waals surface area (Å²) in [5.41, 5.74) is 1.83. The number of carbonyl (C=O) groups excluding carboxylic acids is 2. The smallest absolute Gasteiger partial charge is 0.320 e. The number of hydrogen-bond acceptors (Lipinski definition) is 9. The molecule has 5 heterocycles. The van der Waals surface area contributed by atoms with Gasteiger partial charge in [-0.3, -0.25) is 19.3 Å². The first-order chi connectivity index (χ1) is 25.8. The third-order valence-electron chi connectivity index (χ3n) is 11.3. The third kappa shape index (κ3) is 8.43. The van der Waals surface area contributed by atoms with E-state index >= 15 is 0 Å². The molecule has 4 fully saturated rings. The highest BCUT2D eigenvalue weighted by molar-refractivity contribution is 5.89. The summed E-state index contributed by atoms with van der Waals surface area (Å²) in [6.45, 7) is 5.38. The lowest BCUT2D eigenvalue weighted by Gasteiger charge is -2.50. The minimum absolute atomic E-state index is 0.0269. The van der Waals surface area contributed by atoms with Crippen molar-refractivity contribution >= 4 is 22.8 Å². The number of nitrogens with zero attached hydrogens (tertiary/aromatic N) is 2. The molecule has 280 valence electrons. The molecule has 0 saturated carbocycles. The van der Waals surface area contributed by atoms with Crippen LogP contribution in [0.5, 0.6) is 11.5 Å². The summed E-state index contributed by atoms with van der Waals surface area (Å²) in [6, 6.07) is 23.8. The molecule has 0 spiro atoms. The number of phenols is 1. The molecular weight excluding hydrogens is 672 g/mol. The number of benzene rings is 3. The Morgan fingerprint density at radius 2 is 1.72 bits per heavy atom. The average Bonchev–Trinajstić information content (AvgIpc) is 3.16. The van der Waals surface area contributed by atoms with E-state index in [0.29, 0.717) is 61.5 Å². The van der Waals surface area contributed by atoms with E-state index in [2.05, 4.69) is 15.2 Å². The van der Waals surface area contributed by atoms with Gasteiger partial charge in [0.05, 0.1) is 18.2 Å². The summed E-state index contributed by atoms with van der Waals surface area (Å²) in [5, 5.41) is 24.7. The number of fused-ring (bicyclic) bond motifs is 4. The summed E-state index contributed by atoms with van der Waals surface area (Å²) in [7, 11) is 0. The molecular formula is C42H50N4O7. The minimum Gasteiger partial charge on any atom is -0.506 e. The van der Waals surface area contributed by atoms with Gasteiger partial charge in [0.1, 0.15) is 23.0 Å². The predicted molar refractivity (Wildman–Crippen MR) is 202 cm³/mol. The number of pyridine rings is 1. The first-order valence-electron chi connectivity index (χ1n) is 19.0. The number of aliphatic hydroxyl groups is 1. The van der Waals surface area contributed by atoms with Crippen LogP contribution in [-0.2, 0) is 26.2 Å². The molecule has 4 N–H and O–H groups in total. The zero-order valence-corrected chi connectivity index (χ0v) is 30.2. The number of esters is 1. The second-order valence-electron chi connectivity index (χ2n) is 14.8. The molecule has 0 radical (unpaired) electrons. The van der Waals surface area contributed by atoms with Crippen LogP contribution < -0.4 is 15.6 Å². The predicted octanol–water partition coefficient (Wildman–Crippen LogP) is 4.46. The van der Waals surface area contributed by atoms with Crippen molar-refractivity contribution < 1.29 is 29.3 Å². The van der Waals surface area contributed by atoms with E-state index < -0.39 is 11.5 Å². The van der Waals surface area contributed by atoms with Gasteiger partial charge in [0.2, 0.25) is 11.5 Å². The number of carbonyl (C=O) groups is 2. The number of aromatic amines is 1. The summed E-state index contributed by atoms with van der Waals surface area (Å²) in [4.78, 5) is 45.4. The van der Waals surface area contributed by atoms with Gasteiger partial charge in [-0.2, -0.15) is 0 Å². The maximum Gasteiger partial charge on any atom is 0.320 e. The highest BCUT2D eigenvalue weighted by atomic mass is 16.5. The number of hydrogen-bond donors (Lipinski definition) is 4. The third-order valence-corrected chi connectivity index (χ3v) is 11.3. The number of unbranched alkanes of at least 4 members (excludes halogenated alkanes) is 2. The van der Waals surface area contributed by atoms with Crippen LogP contribution in [0.4, 0.5) is 0 Å². The number of likely N-dealkylation sites (tertiary alicyclic amines) is 1. The molecule has 1 amide bonds. The fraction of sp³-hybridized carbons (Fsp3) is 0.452. The lowest BCUT2D eigenvalue weighted by Crippen LogP contribution is -2.66. The SMILES string of the molecule is O=C(CCc1ccc(OCCCCCNCC(O)c2ccc(O)c3[nH]c(=O)ccc23)cc1)N1CC(C(=O)O[C@H]2CN3CCC2CC3)(c2ccccc2)C1. The summed E-state index contributed by atoms with van der Waals surface area (Å²) >= 11 is 0. The van der Waals surface area contributed by atoms with Crippen molar-refractivity contribution in [3.05, 3.63) is 106 Å². The molecule has 4 aliphatic heterocycles. The lowest BCUT2D eigenvalue weighted by atomic mass is 9.73. The number of aryl methyl sites for hydroxylation is 1. The molecule has 3 aromatic carbocycles. The van der Waals surface area contributed by atoms with Gasteiger partial charge in [0.25, 0.3) is 0 Å². The molecule has 1 aromatic heterocycles. The number of aromatic hydroxyl groups is 1. The number of piperidine rings is 3. The number of aliphatic hydroxyl groups excluding tert-OH is 1. The Balaban J connectivity index is 0.793. The Hall–Kier alpha value is -4.71. The van der Waals surface area contributed by atoms with Crippen LogP contribution in [0.1, 0.15) is 61.3 Å². The fourth-order valence-electron chi connectivity index (χ4n) is 8.04. The monoisotopic (exact) mass is 722 g/mol. The molecule has 2 bridgehead atoms. The van der Waals surface area contributed by atoms with Crippen LogP contribution in [0.25, 0.3) is 10.9 Å². The maximum absolute atomic E-state index is 13.7. The number of nitrogens with one attached hydrogen (secondary N) is 2. The Bertz CT molecular complexity index is 1920. The second-order valence-corrected chi connectivity index (χ2v) is 14.8. The first-order valence-corrected chi connectivity index (χ1v) is 19.0. The van der Waals surface area contributed by atoms with Crippen LogP contribution in [0.15, 0.2) is 83.7 Å². The van der Waals surface area contributed by atoms with Gasteiger partial charge < -0.3 is 34.9 Å². The molecule has 11 heteroatoms. The minimum atomic E-state index is -0.810. The standard InChI is InChI=1S/C42H50N4O7/c47-35-16-14-33(34-15-17-38(49)44-40(34)35)36(48)25-43-21-5-2-6-24-52-32-12-9-29(10-13-32)11-18-39(50)46-27-42(28-46,31-7-3-1-4-8-31)41(51)53-37-26-45-22-19-30(37)20-23-45/h1,3-4,7-10,12-17,30,36-37,43,47-48H,2,5-6,11,18-28H2,(H,44,49)/t36?,37-/m0/s1. The quantitative estimate of drug-likeness (QED) is 0.0974. The summed E-state index contributed by atoms with van der Waals surface area (Å²) < 4.78 is 12.1. The van der Waals surface area contributed by atoms with Crippen LogP contribution in [-0.4, -0.2) is 95.4 Å². The van der Waals surface area contributed by atoms with Crippen molar-refractivity contribution in [3.63, 3.8) is 0 Å². The van der Waals surface area contributed by atoms with Crippen molar-refractivity contribution in [1.82, 2.24) is 20.1 Å². The van der Waals surface area contributed by atoms with E-state index in [-0.39, 0.29) is 29.3 Å². The van der Waals surface area contributed by atoms with Gasteiger partial charge in [-0.1, -0.05) is 48.5 Å². The number of phenolic OH excluding ortho intramolecular Hbond substituents is 1. The van der Waals surface area contributed by atoms with Gasteiger partial charge in [-0.05, 0) is 105 Å². The normalized spacial score (nSPS) is 20.8. The summed E-state index contributed by atoms with van der Waals surface area (Å²) in [6.07, 6.45) is 5.09. The van der Waals surface area contributed by atoms with E-state index in [1.807, 2.05) is 54.6 Å². The number of ether oxygens (including phenoxy) is 2. The number of H-pyrrole nitrogens is 1. The van der Waals surface area contributed by atoms with Gasteiger partial charge >= 0.3 is 5.97 Å². The zero-order valence-electron chi connectivity index (χ0n) is 30.2. The van der Waals surface area contributed by atoms with E-state index in [4.69, 9.17) is 9.47 Å². The van der Waals surface area contributed by atoms with Crippen LogP contribution in [0.2, 0.25) is 0 Å². The van der Waals surface area contributed by atoms with E-state index in [0.717, 1.165) is 75.2 Å². The second kappa shape index (κ2) is 16.5. The molecule has 1 unspecified atom stereocenters. The van der Waals surface area contributed by atoms with Crippen LogP contribution in [0.3, 0.4) is 0 Å². The molecule has 53 heavy (non-hydrogen) atoms. The topological polar surface area (TPSA) is 144 Å². The molecule has 4 aliphatic rings. The van der Waals surface area contributed by atoms with Crippen molar-refractivity contribution in [3.8, 4) is 11.5 Å². The zero-order chi connectivity index (χ0) is 36.8. The van der Waals surface area contributed by atoms with Crippen molar-refractivity contribution in [2.45, 2.75) is 62.6 Å². The number of rotatable bonds is 16. The van der Waals surface area contributed by atoms with Gasteiger partial charge in [-0.25, -0.2) is 0 Å². The molecule has 11 nitrogen and oxygen atoms in total. The van der Waals surface area contributed by atoms with E-state index in [9.17, 15) is 24.6 Å². The molecule has 4 aromatic rings. The Morgan fingerprint density at radius 3 is 2.45 bits per heavy atom. The molecule has 4 saturated heterocycles. The first kappa shape index (κ1) is 36.6. The fourth-order valence-corrected chi connectivity index (χ4v) is 8.04. The highest BCUT2D eigenvalue weighted by Gasteiger charge is 2.54. The Morgan fingerprint density at radius 1 is 0.943 bits per heavy atom. The number of aromatic nitrogens is 1. The van der Waals surface area contributed by atoms with Gasteiger partial charge in [0, 0.05) is 44.1 Å². The van der Waals surface area contributed by atoms with Crippen molar-refractivity contribution in [2.75, 3.05) is 52.4 Å². The largest absolute Gasteiger partial charge is 0.506 e. The van der Waals surface area contributed by atoms with Gasteiger partial charge in [-0.15, -0.1) is 0 Å². The Labute approximate surface area is 309 Å². The highest BCUT2D eigenvalue weighted by Crippen LogP contribution is 2.39. The summed E-state index contributed by atoms with van der Waals surface area (Å²) in [5.74, 6) is 1.05. The number of amides is 1. The lowest BCUT2D eigenvalue weighted by molar-refractivity contribution is -0.175. The van der Waals surface area contributed by atoms with Crippen LogP contribution in [0, 0.1) is 5.92 Å². The van der Waals surface area contributed by atoms with Crippen molar-refractivity contribution in [2.24, 2.45) is 5.92 Å². The van der Waals surface area contributed by atoms with Crippen LogP contribution >= 0.6 is 0 Å². The molecule has 2 atom stereocenters. The molecule has 0 aliphatic carbocycles. The van der Waals surface area contributed by atoms with Gasteiger partial charge in [0.15, 0.2) is 0 Å².